The number of halogens is 2. The van der Waals surface area contributed by atoms with Crippen LogP contribution in [0.2, 0.25) is 10.0 Å². The molecule has 0 saturated carbocycles. The van der Waals surface area contributed by atoms with E-state index in [-0.39, 0.29) is 11.3 Å². The summed E-state index contributed by atoms with van der Waals surface area (Å²) < 4.78 is 0. The predicted octanol–water partition coefficient (Wildman–Crippen LogP) is 5.54. The summed E-state index contributed by atoms with van der Waals surface area (Å²) in [6, 6.07) is 13.8. The van der Waals surface area contributed by atoms with E-state index in [1.54, 1.807) is 12.1 Å². The van der Waals surface area contributed by atoms with Crippen molar-refractivity contribution in [3.05, 3.63) is 69.2 Å². The summed E-state index contributed by atoms with van der Waals surface area (Å²) in [5, 5.41) is 4.06. The normalized spacial score (nSPS) is 11.4. The molecule has 4 heteroatoms. The molecule has 0 fully saturated rings. The third-order valence-electron chi connectivity index (χ3n) is 3.95. The second kappa shape index (κ2) is 8.04. The SMILES string of the molecule is CC(C)(C)c1ccc(CCC(=O)NCc2ccc(Cl)cc2Cl)cc1. The van der Waals surface area contributed by atoms with Gasteiger partial charge in [-0.15, -0.1) is 0 Å². The average Bonchev–Trinajstić information content (AvgIpc) is 2.51. The number of aryl methyl sites for hydroxylation is 1. The standard InChI is InChI=1S/C20H23Cl2NO/c1-20(2,3)16-8-4-14(5-9-16)6-11-19(24)23-13-15-7-10-17(21)12-18(15)22/h4-5,7-10,12H,6,11,13H2,1-3H3,(H,23,24). The van der Waals surface area contributed by atoms with E-state index < -0.39 is 0 Å². The van der Waals surface area contributed by atoms with Crippen molar-refractivity contribution in [2.75, 3.05) is 0 Å². The zero-order valence-corrected chi connectivity index (χ0v) is 15.8. The number of carbonyl (C=O) groups excluding carboxylic acids is 1. The lowest BCUT2D eigenvalue weighted by molar-refractivity contribution is -0.121. The second-order valence-electron chi connectivity index (χ2n) is 6.96. The van der Waals surface area contributed by atoms with Gasteiger partial charge in [-0.1, -0.05) is 74.3 Å². The molecule has 0 saturated heterocycles. The van der Waals surface area contributed by atoms with Gasteiger partial charge in [0.05, 0.1) is 0 Å². The molecule has 0 heterocycles. The molecule has 1 N–H and O–H groups in total. The van der Waals surface area contributed by atoms with E-state index in [0.717, 1.165) is 12.0 Å². The molecule has 0 aromatic heterocycles. The van der Waals surface area contributed by atoms with Crippen molar-refractivity contribution in [1.29, 1.82) is 0 Å². The molecule has 2 rings (SSSR count). The Hall–Kier alpha value is -1.51. The van der Waals surface area contributed by atoms with Gasteiger partial charge < -0.3 is 5.32 Å². The van der Waals surface area contributed by atoms with E-state index in [0.29, 0.717) is 23.0 Å². The molecule has 2 aromatic rings. The van der Waals surface area contributed by atoms with Crippen LogP contribution in [0, 0.1) is 0 Å². The van der Waals surface area contributed by atoms with E-state index in [9.17, 15) is 4.79 Å². The molecule has 0 aliphatic carbocycles. The van der Waals surface area contributed by atoms with Crippen LogP contribution >= 0.6 is 23.2 Å². The first kappa shape index (κ1) is 18.8. The molecule has 0 radical (unpaired) electrons. The Bertz CT molecular complexity index is 703. The highest BCUT2D eigenvalue weighted by molar-refractivity contribution is 6.35. The highest BCUT2D eigenvalue weighted by atomic mass is 35.5. The minimum Gasteiger partial charge on any atom is -0.352 e. The summed E-state index contributed by atoms with van der Waals surface area (Å²) in [4.78, 5) is 12.0. The Morgan fingerprint density at radius 3 is 2.29 bits per heavy atom. The molecule has 2 nitrogen and oxygen atoms in total. The van der Waals surface area contributed by atoms with Gasteiger partial charge in [0.25, 0.3) is 0 Å². The predicted molar refractivity (Wildman–Crippen MR) is 102 cm³/mol. The van der Waals surface area contributed by atoms with Crippen molar-refractivity contribution >= 4 is 29.1 Å². The second-order valence-corrected chi connectivity index (χ2v) is 7.80. The summed E-state index contributed by atoms with van der Waals surface area (Å²) in [5.41, 5.74) is 3.48. The first-order valence-corrected chi connectivity index (χ1v) is 8.81. The molecule has 0 aliphatic heterocycles. The Kier molecular flexibility index (Phi) is 6.31. The van der Waals surface area contributed by atoms with Crippen LogP contribution in [0.15, 0.2) is 42.5 Å². The van der Waals surface area contributed by atoms with Crippen molar-refractivity contribution in [2.24, 2.45) is 0 Å². The zero-order valence-electron chi connectivity index (χ0n) is 14.3. The molecule has 0 bridgehead atoms. The molecular formula is C20H23Cl2NO. The van der Waals surface area contributed by atoms with E-state index in [4.69, 9.17) is 23.2 Å². The van der Waals surface area contributed by atoms with Gasteiger partial charge in [0.1, 0.15) is 0 Å². The topological polar surface area (TPSA) is 29.1 Å². The van der Waals surface area contributed by atoms with Crippen LogP contribution in [0.5, 0.6) is 0 Å². The van der Waals surface area contributed by atoms with Crippen LogP contribution < -0.4 is 5.32 Å². The number of hydrogen-bond donors (Lipinski definition) is 1. The van der Waals surface area contributed by atoms with Crippen LogP contribution in [-0.2, 0) is 23.2 Å². The van der Waals surface area contributed by atoms with Gasteiger partial charge >= 0.3 is 0 Å². The Labute approximate surface area is 154 Å². The van der Waals surface area contributed by atoms with Gasteiger partial charge in [-0.25, -0.2) is 0 Å². The summed E-state index contributed by atoms with van der Waals surface area (Å²) in [5.74, 6) is 0.0147. The van der Waals surface area contributed by atoms with Gasteiger partial charge in [0, 0.05) is 23.0 Å². The van der Waals surface area contributed by atoms with Gasteiger partial charge in [0.15, 0.2) is 0 Å². The third-order valence-corrected chi connectivity index (χ3v) is 4.54. The quantitative estimate of drug-likeness (QED) is 0.742. The van der Waals surface area contributed by atoms with E-state index >= 15 is 0 Å². The maximum Gasteiger partial charge on any atom is 0.220 e. The fraction of sp³-hybridized carbons (Fsp3) is 0.350. The lowest BCUT2D eigenvalue weighted by Gasteiger charge is -2.19. The number of rotatable bonds is 5. The molecule has 0 aliphatic rings. The molecule has 2 aromatic carbocycles. The molecule has 0 spiro atoms. The summed E-state index contributed by atoms with van der Waals surface area (Å²) in [6.07, 6.45) is 1.19. The monoisotopic (exact) mass is 363 g/mol. The average molecular weight is 364 g/mol. The highest BCUT2D eigenvalue weighted by Crippen LogP contribution is 2.23. The molecule has 0 unspecified atom stereocenters. The highest BCUT2D eigenvalue weighted by Gasteiger charge is 2.13. The van der Waals surface area contributed by atoms with Crippen LogP contribution in [0.4, 0.5) is 0 Å². The third kappa shape index (κ3) is 5.54. The first-order chi connectivity index (χ1) is 11.3. The maximum absolute atomic E-state index is 12.0. The van der Waals surface area contributed by atoms with Crippen molar-refractivity contribution in [1.82, 2.24) is 5.32 Å². The number of benzene rings is 2. The summed E-state index contributed by atoms with van der Waals surface area (Å²) in [7, 11) is 0. The largest absolute Gasteiger partial charge is 0.352 e. The van der Waals surface area contributed by atoms with Crippen LogP contribution in [0.3, 0.4) is 0 Å². The van der Waals surface area contributed by atoms with Crippen molar-refractivity contribution in [3.63, 3.8) is 0 Å². The molecule has 128 valence electrons. The van der Waals surface area contributed by atoms with Gasteiger partial charge in [-0.05, 0) is 40.7 Å². The van der Waals surface area contributed by atoms with Crippen LogP contribution in [0.1, 0.15) is 43.9 Å². The van der Waals surface area contributed by atoms with E-state index in [1.165, 1.54) is 11.1 Å². The summed E-state index contributed by atoms with van der Waals surface area (Å²) in [6.45, 7) is 6.99. The van der Waals surface area contributed by atoms with Crippen molar-refractivity contribution in [2.45, 2.75) is 45.6 Å². The van der Waals surface area contributed by atoms with Gasteiger partial charge in [0.2, 0.25) is 5.91 Å². The maximum atomic E-state index is 12.0. The minimum absolute atomic E-state index is 0.0147. The Morgan fingerprint density at radius 2 is 1.71 bits per heavy atom. The number of hydrogen-bond acceptors (Lipinski definition) is 1. The molecule has 24 heavy (non-hydrogen) atoms. The Morgan fingerprint density at radius 1 is 1.04 bits per heavy atom. The van der Waals surface area contributed by atoms with E-state index in [2.05, 4.69) is 50.4 Å². The summed E-state index contributed by atoms with van der Waals surface area (Å²) >= 11 is 12.0. The number of amides is 1. The number of carbonyl (C=O) groups is 1. The van der Waals surface area contributed by atoms with Gasteiger partial charge in [-0.3, -0.25) is 4.79 Å². The van der Waals surface area contributed by atoms with Gasteiger partial charge in [-0.2, -0.15) is 0 Å². The molecular weight excluding hydrogens is 341 g/mol. The lowest BCUT2D eigenvalue weighted by Crippen LogP contribution is -2.23. The van der Waals surface area contributed by atoms with Crippen molar-refractivity contribution < 1.29 is 4.79 Å². The van der Waals surface area contributed by atoms with Crippen molar-refractivity contribution in [3.8, 4) is 0 Å². The molecule has 0 atom stereocenters. The van der Waals surface area contributed by atoms with Crippen LogP contribution in [-0.4, -0.2) is 5.91 Å². The van der Waals surface area contributed by atoms with E-state index in [1.807, 2.05) is 6.07 Å². The number of nitrogens with one attached hydrogen (secondary N) is 1. The smallest absolute Gasteiger partial charge is 0.220 e. The fourth-order valence-electron chi connectivity index (χ4n) is 2.38. The molecule has 1 amide bonds. The minimum atomic E-state index is 0.0147. The fourth-order valence-corrected chi connectivity index (χ4v) is 2.85. The Balaban J connectivity index is 1.83. The zero-order chi connectivity index (χ0) is 17.7. The van der Waals surface area contributed by atoms with Crippen LogP contribution in [0.25, 0.3) is 0 Å². The lowest BCUT2D eigenvalue weighted by atomic mass is 9.86. The first-order valence-electron chi connectivity index (χ1n) is 8.06.